The van der Waals surface area contributed by atoms with Crippen LogP contribution in [0.3, 0.4) is 0 Å². The zero-order valence-corrected chi connectivity index (χ0v) is 23.3. The summed E-state index contributed by atoms with van der Waals surface area (Å²) in [6, 6.07) is 14.8. The molecular weight excluding hydrogens is 537 g/mol. The van der Waals surface area contributed by atoms with Crippen molar-refractivity contribution in [3.63, 3.8) is 0 Å². The fourth-order valence-corrected chi connectivity index (χ4v) is 5.10. The molecule has 2 aromatic carbocycles. The summed E-state index contributed by atoms with van der Waals surface area (Å²) in [5, 5.41) is 12.6. The lowest BCUT2D eigenvalue weighted by atomic mass is 9.97. The zero-order chi connectivity index (χ0) is 29.8. The standard InChI is InChI=1S/C33H28FN3O5/c1-19-25(12-21-13-28(41-2)31(29(14-21)42-3)32-24(33(39)40)7-5-11-36-32)23-9-8-22(34)15-27(23)26(19)16-30(38)37-18-20-6-4-10-35-17-20/h4-15,17H,16,18H2,1-3H3,(H,37,38)(H,39,40)/b25-12-. The fourth-order valence-electron chi connectivity index (χ4n) is 5.10. The molecule has 0 radical (unpaired) electrons. The van der Waals surface area contributed by atoms with Gasteiger partial charge < -0.3 is 19.9 Å². The summed E-state index contributed by atoms with van der Waals surface area (Å²) >= 11 is 0. The van der Waals surface area contributed by atoms with Gasteiger partial charge >= 0.3 is 5.97 Å². The van der Waals surface area contributed by atoms with Gasteiger partial charge in [0.25, 0.3) is 0 Å². The van der Waals surface area contributed by atoms with E-state index in [1.807, 2.05) is 19.1 Å². The van der Waals surface area contributed by atoms with E-state index in [-0.39, 0.29) is 23.6 Å². The Bertz CT molecular complexity index is 1720. The highest BCUT2D eigenvalue weighted by molar-refractivity contribution is 6.08. The number of methoxy groups -OCH3 is 2. The molecule has 8 nitrogen and oxygen atoms in total. The SMILES string of the molecule is COc1cc(/C=C2/C(C)=C(CC(=O)NCc3cccnc3)c3cc(F)ccc32)cc(OC)c1-c1ncccc1C(=O)O. The van der Waals surface area contributed by atoms with Gasteiger partial charge in [-0.25, -0.2) is 9.18 Å². The van der Waals surface area contributed by atoms with Gasteiger partial charge in [0.05, 0.1) is 37.5 Å². The molecule has 9 heteroatoms. The third-order valence-electron chi connectivity index (χ3n) is 7.12. The predicted molar refractivity (Wildman–Crippen MR) is 157 cm³/mol. The molecule has 5 rings (SSSR count). The Labute approximate surface area is 242 Å². The normalized spacial score (nSPS) is 13.2. The number of allylic oxidation sites excluding steroid dienone is 2. The summed E-state index contributed by atoms with van der Waals surface area (Å²) in [5.41, 5.74) is 6.06. The average Bonchev–Trinajstić information content (AvgIpc) is 3.25. The number of rotatable bonds is 9. The van der Waals surface area contributed by atoms with Crippen LogP contribution in [0.4, 0.5) is 4.39 Å². The van der Waals surface area contributed by atoms with Crippen molar-refractivity contribution in [2.24, 2.45) is 0 Å². The van der Waals surface area contributed by atoms with Crippen molar-refractivity contribution in [3.05, 3.63) is 112 Å². The molecule has 0 fully saturated rings. The van der Waals surface area contributed by atoms with Crippen LogP contribution >= 0.6 is 0 Å². The molecule has 0 spiro atoms. The monoisotopic (exact) mass is 565 g/mol. The zero-order valence-electron chi connectivity index (χ0n) is 23.3. The van der Waals surface area contributed by atoms with Crippen LogP contribution in [-0.4, -0.2) is 41.2 Å². The van der Waals surface area contributed by atoms with Gasteiger partial charge in [0.15, 0.2) is 0 Å². The molecule has 0 bridgehead atoms. The number of ether oxygens (including phenoxy) is 2. The number of benzene rings is 2. The number of carboxylic acid groups (broad SMARTS) is 1. The van der Waals surface area contributed by atoms with E-state index in [4.69, 9.17) is 9.47 Å². The van der Waals surface area contributed by atoms with Gasteiger partial charge in [0.1, 0.15) is 17.3 Å². The number of aromatic carboxylic acids is 1. The molecule has 0 aliphatic heterocycles. The van der Waals surface area contributed by atoms with E-state index in [0.717, 1.165) is 27.8 Å². The number of amides is 1. The number of carbonyl (C=O) groups excluding carboxylic acids is 1. The Balaban J connectivity index is 1.54. The van der Waals surface area contributed by atoms with Crippen LogP contribution in [0, 0.1) is 5.82 Å². The van der Waals surface area contributed by atoms with E-state index in [0.29, 0.717) is 34.7 Å². The van der Waals surface area contributed by atoms with E-state index >= 15 is 0 Å². The number of carbonyl (C=O) groups is 2. The minimum absolute atomic E-state index is 0.0113. The molecule has 2 aromatic heterocycles. The molecule has 2 N–H and O–H groups in total. The molecule has 212 valence electrons. The van der Waals surface area contributed by atoms with Crippen LogP contribution in [0.5, 0.6) is 11.5 Å². The molecule has 0 unspecified atom stereocenters. The maximum atomic E-state index is 14.4. The van der Waals surface area contributed by atoms with Crippen molar-refractivity contribution in [1.29, 1.82) is 0 Å². The summed E-state index contributed by atoms with van der Waals surface area (Å²) in [6.07, 6.45) is 6.85. The Morgan fingerprint density at radius 2 is 1.74 bits per heavy atom. The maximum Gasteiger partial charge on any atom is 0.337 e. The largest absolute Gasteiger partial charge is 0.496 e. The first-order valence-corrected chi connectivity index (χ1v) is 13.1. The van der Waals surface area contributed by atoms with Crippen molar-refractivity contribution in [2.75, 3.05) is 14.2 Å². The van der Waals surface area contributed by atoms with Gasteiger partial charge in [-0.2, -0.15) is 0 Å². The van der Waals surface area contributed by atoms with Crippen LogP contribution < -0.4 is 14.8 Å². The highest BCUT2D eigenvalue weighted by Gasteiger charge is 2.27. The van der Waals surface area contributed by atoms with E-state index in [1.165, 1.54) is 38.6 Å². The number of hydrogen-bond donors (Lipinski definition) is 2. The summed E-state index contributed by atoms with van der Waals surface area (Å²) < 4.78 is 25.7. The van der Waals surface area contributed by atoms with Crippen LogP contribution in [0.2, 0.25) is 0 Å². The molecule has 1 aliphatic carbocycles. The van der Waals surface area contributed by atoms with Gasteiger partial charge in [0.2, 0.25) is 5.91 Å². The van der Waals surface area contributed by atoms with Crippen molar-refractivity contribution >= 4 is 29.1 Å². The summed E-state index contributed by atoms with van der Waals surface area (Å²) in [5.74, 6) is -0.969. The quantitative estimate of drug-likeness (QED) is 0.255. The lowest BCUT2D eigenvalue weighted by molar-refractivity contribution is -0.120. The second kappa shape index (κ2) is 12.1. The molecule has 42 heavy (non-hydrogen) atoms. The van der Waals surface area contributed by atoms with Gasteiger partial charge in [-0.3, -0.25) is 14.8 Å². The van der Waals surface area contributed by atoms with Gasteiger partial charge in [-0.15, -0.1) is 0 Å². The second-order valence-electron chi connectivity index (χ2n) is 9.67. The number of fused-ring (bicyclic) bond motifs is 1. The minimum atomic E-state index is -1.12. The van der Waals surface area contributed by atoms with Crippen LogP contribution in [0.15, 0.2) is 78.8 Å². The first kappa shape index (κ1) is 28.2. The van der Waals surface area contributed by atoms with E-state index < -0.39 is 11.8 Å². The summed E-state index contributed by atoms with van der Waals surface area (Å²) in [6.45, 7) is 2.24. The molecular formula is C33H28FN3O5. The van der Waals surface area contributed by atoms with Crippen LogP contribution in [0.25, 0.3) is 28.5 Å². The van der Waals surface area contributed by atoms with Crippen molar-refractivity contribution < 1.29 is 28.6 Å². The average molecular weight is 566 g/mol. The number of hydrogen-bond acceptors (Lipinski definition) is 6. The third kappa shape index (κ3) is 5.62. The smallest absolute Gasteiger partial charge is 0.337 e. The molecule has 0 atom stereocenters. The Morgan fingerprint density at radius 3 is 2.40 bits per heavy atom. The van der Waals surface area contributed by atoms with Crippen molar-refractivity contribution in [2.45, 2.75) is 19.9 Å². The van der Waals surface area contributed by atoms with E-state index in [9.17, 15) is 19.1 Å². The van der Waals surface area contributed by atoms with Crippen LogP contribution in [0.1, 0.15) is 46.0 Å². The Morgan fingerprint density at radius 1 is 1.00 bits per heavy atom. The number of pyridine rings is 2. The molecule has 1 aliphatic rings. The molecule has 1 amide bonds. The first-order valence-electron chi connectivity index (χ1n) is 13.1. The number of aromatic nitrogens is 2. The summed E-state index contributed by atoms with van der Waals surface area (Å²) in [4.78, 5) is 33.2. The van der Waals surface area contributed by atoms with Gasteiger partial charge in [0, 0.05) is 25.1 Å². The van der Waals surface area contributed by atoms with E-state index in [1.54, 1.807) is 42.7 Å². The minimum Gasteiger partial charge on any atom is -0.496 e. The predicted octanol–water partition coefficient (Wildman–Crippen LogP) is 6.03. The fraction of sp³-hybridized carbons (Fsp3) is 0.152. The maximum absolute atomic E-state index is 14.4. The van der Waals surface area contributed by atoms with Crippen molar-refractivity contribution in [1.82, 2.24) is 15.3 Å². The highest BCUT2D eigenvalue weighted by atomic mass is 19.1. The molecule has 0 saturated carbocycles. The van der Waals surface area contributed by atoms with E-state index in [2.05, 4.69) is 15.3 Å². The van der Waals surface area contributed by atoms with Crippen LogP contribution in [-0.2, 0) is 11.3 Å². The number of halogens is 1. The Hall–Kier alpha value is -5.31. The summed E-state index contributed by atoms with van der Waals surface area (Å²) in [7, 11) is 2.97. The molecule has 2 heterocycles. The number of carboxylic acids is 1. The topological polar surface area (TPSA) is 111 Å². The van der Waals surface area contributed by atoms with Gasteiger partial charge in [-0.1, -0.05) is 12.1 Å². The Kier molecular flexibility index (Phi) is 8.10. The molecule has 4 aromatic rings. The second-order valence-corrected chi connectivity index (χ2v) is 9.67. The third-order valence-corrected chi connectivity index (χ3v) is 7.12. The van der Waals surface area contributed by atoms with Gasteiger partial charge in [-0.05, 0) is 94.4 Å². The molecule has 0 saturated heterocycles. The lowest BCUT2D eigenvalue weighted by Gasteiger charge is -2.16. The highest BCUT2D eigenvalue weighted by Crippen LogP contribution is 2.45. The number of nitrogens with one attached hydrogen (secondary N) is 1. The lowest BCUT2D eigenvalue weighted by Crippen LogP contribution is -2.22. The van der Waals surface area contributed by atoms with Crippen molar-refractivity contribution in [3.8, 4) is 22.8 Å². The first-order chi connectivity index (χ1) is 20.3. The number of nitrogens with zero attached hydrogens (tertiary/aromatic N) is 2.